The maximum absolute atomic E-state index is 10.2. The van der Waals surface area contributed by atoms with Crippen molar-refractivity contribution in [2.45, 2.75) is 32.6 Å². The summed E-state index contributed by atoms with van der Waals surface area (Å²) < 4.78 is 5.65. The van der Waals surface area contributed by atoms with Crippen molar-refractivity contribution in [3.8, 4) is 11.9 Å². The Kier molecular flexibility index (Phi) is 5.32. The molecule has 1 fully saturated rings. The first-order valence-corrected chi connectivity index (χ1v) is 10.3. The number of methoxy groups -OCH3 is 1. The number of rotatable bonds is 4. The van der Waals surface area contributed by atoms with Gasteiger partial charge in [-0.1, -0.05) is 29.8 Å². The molecular formula is C23H28N6O+2. The molecule has 7 nitrogen and oxygen atoms in total. The van der Waals surface area contributed by atoms with Gasteiger partial charge in [-0.2, -0.15) is 5.26 Å². The highest BCUT2D eigenvalue weighted by Gasteiger charge is 2.30. The van der Waals surface area contributed by atoms with E-state index in [0.717, 1.165) is 48.3 Å². The van der Waals surface area contributed by atoms with Gasteiger partial charge in [0.1, 0.15) is 17.0 Å². The van der Waals surface area contributed by atoms with Crippen LogP contribution in [-0.2, 0) is 6.42 Å². The van der Waals surface area contributed by atoms with Crippen LogP contribution in [0.5, 0.6) is 5.88 Å². The number of nitrogens with two attached hydrogens (primary N) is 2. The molecule has 1 aliphatic heterocycles. The Labute approximate surface area is 176 Å². The molecule has 3 aromatic rings. The van der Waals surface area contributed by atoms with Gasteiger partial charge in [0.25, 0.3) is 11.7 Å². The molecule has 1 saturated heterocycles. The number of H-pyrrole nitrogens is 2. The van der Waals surface area contributed by atoms with Gasteiger partial charge < -0.3 is 10.5 Å². The van der Waals surface area contributed by atoms with E-state index in [4.69, 9.17) is 16.2 Å². The zero-order valence-electron chi connectivity index (χ0n) is 17.5. The van der Waals surface area contributed by atoms with Crippen LogP contribution < -0.4 is 31.1 Å². The van der Waals surface area contributed by atoms with Crippen molar-refractivity contribution in [2.75, 3.05) is 36.6 Å². The molecule has 2 aromatic heterocycles. The first-order valence-electron chi connectivity index (χ1n) is 10.3. The Bertz CT molecular complexity index is 1130. The standard InChI is InChI=1S/C23H26N6O/c1-14-6-8-15(9-7-14)12-16-18-17(13-24)22(29-10-4-3-5-11-29)27-20(25)19(18)21(26)28-23(16)30-2/h6-9H,3-5,10-12H2,1-2H3,(H2,25,27)(H2,26,28)/p+2. The second-order valence-corrected chi connectivity index (χ2v) is 7.88. The van der Waals surface area contributed by atoms with Crippen LogP contribution in [0.1, 0.15) is 41.5 Å². The number of aryl methyl sites for hydroxylation is 1. The molecule has 0 aliphatic carbocycles. The molecular weight excluding hydrogens is 376 g/mol. The van der Waals surface area contributed by atoms with Crippen molar-refractivity contribution < 1.29 is 14.7 Å². The molecule has 154 valence electrons. The van der Waals surface area contributed by atoms with Gasteiger partial charge in [-0.3, -0.25) is 10.6 Å². The maximum Gasteiger partial charge on any atom is 0.287 e. The Balaban J connectivity index is 2.00. The van der Waals surface area contributed by atoms with Gasteiger partial charge in [0.2, 0.25) is 11.6 Å². The number of hydrogen-bond donors (Lipinski definition) is 2. The summed E-state index contributed by atoms with van der Waals surface area (Å²) in [5, 5.41) is 11.6. The molecule has 0 unspecified atom stereocenters. The summed E-state index contributed by atoms with van der Waals surface area (Å²) in [7, 11) is 1.60. The SMILES string of the molecule is COc1[nH+]c(N)c2c(N)[nH+]c(N3CCCCC3)c(C#N)c2c1Cc1ccc(C)cc1. The molecule has 0 radical (unpaired) electrons. The summed E-state index contributed by atoms with van der Waals surface area (Å²) in [6, 6.07) is 10.8. The predicted octanol–water partition coefficient (Wildman–Crippen LogP) is 2.40. The Morgan fingerprint density at radius 1 is 1.03 bits per heavy atom. The maximum atomic E-state index is 10.2. The molecule has 1 aliphatic rings. The van der Waals surface area contributed by atoms with Gasteiger partial charge in [0, 0.05) is 11.8 Å². The fourth-order valence-electron chi connectivity index (χ4n) is 4.30. The Morgan fingerprint density at radius 2 is 1.70 bits per heavy atom. The quantitative estimate of drug-likeness (QED) is 0.692. The highest BCUT2D eigenvalue weighted by atomic mass is 16.5. The number of ether oxygens (including phenoxy) is 1. The average molecular weight is 405 g/mol. The van der Waals surface area contributed by atoms with E-state index in [-0.39, 0.29) is 0 Å². The normalized spacial score (nSPS) is 14.0. The summed E-state index contributed by atoms with van der Waals surface area (Å²) >= 11 is 0. The summed E-state index contributed by atoms with van der Waals surface area (Å²) in [6.45, 7) is 3.86. The molecule has 0 atom stereocenters. The zero-order valence-corrected chi connectivity index (χ0v) is 17.5. The molecule has 7 heteroatoms. The fraction of sp³-hybridized carbons (Fsp3) is 0.348. The largest absolute Gasteiger partial charge is 0.465 e. The second kappa shape index (κ2) is 8.07. The zero-order chi connectivity index (χ0) is 21.3. The number of nitrogens with one attached hydrogen (secondary N) is 2. The van der Waals surface area contributed by atoms with Gasteiger partial charge in [-0.25, -0.2) is 9.97 Å². The van der Waals surface area contributed by atoms with Crippen molar-refractivity contribution in [2.24, 2.45) is 0 Å². The van der Waals surface area contributed by atoms with E-state index in [9.17, 15) is 5.26 Å². The van der Waals surface area contributed by atoms with E-state index in [2.05, 4.69) is 52.1 Å². The van der Waals surface area contributed by atoms with Crippen molar-refractivity contribution in [3.63, 3.8) is 0 Å². The number of nitriles is 1. The summed E-state index contributed by atoms with van der Waals surface area (Å²) in [5.74, 6) is 2.14. The molecule has 6 N–H and O–H groups in total. The average Bonchev–Trinajstić information content (AvgIpc) is 2.76. The summed E-state index contributed by atoms with van der Waals surface area (Å²) in [5.41, 5.74) is 16.5. The molecule has 0 spiro atoms. The molecule has 0 bridgehead atoms. The van der Waals surface area contributed by atoms with E-state index in [1.807, 2.05) is 0 Å². The number of aromatic nitrogens is 2. The lowest BCUT2D eigenvalue weighted by Gasteiger charge is -2.25. The Morgan fingerprint density at radius 3 is 2.33 bits per heavy atom. The minimum absolute atomic E-state index is 0.380. The third kappa shape index (κ3) is 3.45. The number of piperidine rings is 1. The smallest absolute Gasteiger partial charge is 0.287 e. The second-order valence-electron chi connectivity index (χ2n) is 7.88. The fourth-order valence-corrected chi connectivity index (χ4v) is 4.30. The topological polar surface area (TPSA) is 117 Å². The van der Waals surface area contributed by atoms with Crippen LogP contribution in [0.25, 0.3) is 10.8 Å². The molecule has 3 heterocycles. The van der Waals surface area contributed by atoms with Gasteiger partial charge in [-0.05, 0) is 31.7 Å². The number of fused-ring (bicyclic) bond motifs is 1. The minimum Gasteiger partial charge on any atom is -0.465 e. The highest BCUT2D eigenvalue weighted by Crippen LogP contribution is 2.36. The van der Waals surface area contributed by atoms with Gasteiger partial charge in [0.05, 0.1) is 25.8 Å². The molecule has 0 saturated carbocycles. The van der Waals surface area contributed by atoms with Crippen LogP contribution in [0.3, 0.4) is 0 Å². The van der Waals surface area contributed by atoms with Crippen molar-refractivity contribution in [1.29, 1.82) is 5.26 Å². The lowest BCUT2D eigenvalue weighted by Crippen LogP contribution is -2.36. The number of hydrogen-bond acceptors (Lipinski definition) is 5. The third-order valence-electron chi connectivity index (χ3n) is 5.84. The van der Waals surface area contributed by atoms with Gasteiger partial charge in [-0.15, -0.1) is 0 Å². The number of aromatic amines is 2. The summed E-state index contributed by atoms with van der Waals surface area (Å²) in [6.07, 6.45) is 3.99. The minimum atomic E-state index is 0.380. The molecule has 30 heavy (non-hydrogen) atoms. The van der Waals surface area contributed by atoms with E-state index < -0.39 is 0 Å². The first kappa shape index (κ1) is 19.8. The number of nitrogens with zero attached hydrogens (tertiary/aromatic N) is 2. The first-order chi connectivity index (χ1) is 14.5. The van der Waals surface area contributed by atoms with Gasteiger partial charge in [0.15, 0.2) is 0 Å². The third-order valence-corrected chi connectivity index (χ3v) is 5.84. The van der Waals surface area contributed by atoms with Crippen LogP contribution in [0.4, 0.5) is 17.5 Å². The van der Waals surface area contributed by atoms with Crippen LogP contribution in [0.2, 0.25) is 0 Å². The van der Waals surface area contributed by atoms with E-state index in [0.29, 0.717) is 34.9 Å². The molecule has 1 aromatic carbocycles. The van der Waals surface area contributed by atoms with E-state index in [1.165, 1.54) is 12.0 Å². The Hall–Kier alpha value is -3.53. The van der Waals surface area contributed by atoms with Crippen LogP contribution in [0.15, 0.2) is 24.3 Å². The van der Waals surface area contributed by atoms with Crippen LogP contribution in [-0.4, -0.2) is 20.2 Å². The lowest BCUT2D eigenvalue weighted by molar-refractivity contribution is -0.376. The lowest BCUT2D eigenvalue weighted by atomic mass is 9.96. The van der Waals surface area contributed by atoms with Gasteiger partial charge >= 0.3 is 0 Å². The monoisotopic (exact) mass is 404 g/mol. The van der Waals surface area contributed by atoms with Crippen LogP contribution in [0, 0.1) is 18.3 Å². The van der Waals surface area contributed by atoms with E-state index in [1.54, 1.807) is 7.11 Å². The number of anilines is 3. The van der Waals surface area contributed by atoms with Crippen molar-refractivity contribution >= 4 is 28.2 Å². The number of nitrogen functional groups attached to an aromatic ring is 2. The number of benzene rings is 1. The predicted molar refractivity (Wildman–Crippen MR) is 117 cm³/mol. The van der Waals surface area contributed by atoms with Crippen molar-refractivity contribution in [1.82, 2.24) is 0 Å². The summed E-state index contributed by atoms with van der Waals surface area (Å²) in [4.78, 5) is 8.60. The number of pyridine rings is 2. The molecule has 4 rings (SSSR count). The van der Waals surface area contributed by atoms with Crippen molar-refractivity contribution in [3.05, 3.63) is 46.5 Å². The highest BCUT2D eigenvalue weighted by molar-refractivity contribution is 6.03. The van der Waals surface area contributed by atoms with Crippen LogP contribution >= 0.6 is 0 Å². The molecule has 0 amide bonds. The van der Waals surface area contributed by atoms with E-state index >= 15 is 0 Å².